The Kier molecular flexibility index (Phi) is 2.62. The highest BCUT2D eigenvalue weighted by atomic mass is 16.3. The summed E-state index contributed by atoms with van der Waals surface area (Å²) in [6, 6.07) is 0. The van der Waals surface area contributed by atoms with Gasteiger partial charge >= 0.3 is 0 Å². The first-order chi connectivity index (χ1) is 4.70. The van der Waals surface area contributed by atoms with E-state index in [9.17, 15) is 0 Å². The maximum atomic E-state index is 9.08. The normalized spacial score (nSPS) is 32.1. The molecule has 1 rings (SSSR count). The van der Waals surface area contributed by atoms with E-state index in [4.69, 9.17) is 10.2 Å². The van der Waals surface area contributed by atoms with E-state index in [0.717, 1.165) is 13.1 Å². The second-order valence-electron chi connectivity index (χ2n) is 2.60. The fourth-order valence-corrected chi connectivity index (χ4v) is 1.09. The first kappa shape index (κ1) is 7.94. The largest absolute Gasteiger partial charge is 0.379 e. The number of β-amino-alcohol motifs (C(OH)–C–C–N with tert-alkyl or cyclic N) is 1. The summed E-state index contributed by atoms with van der Waals surface area (Å²) in [6.45, 7) is 3.76. The predicted molar refractivity (Wildman–Crippen MR) is 37.3 cm³/mol. The van der Waals surface area contributed by atoms with Gasteiger partial charge < -0.3 is 10.2 Å². The van der Waals surface area contributed by atoms with Gasteiger partial charge in [-0.1, -0.05) is 0 Å². The molecule has 1 aliphatic heterocycles. The van der Waals surface area contributed by atoms with Crippen LogP contribution in [0.5, 0.6) is 0 Å². The van der Waals surface area contributed by atoms with Gasteiger partial charge in [0.25, 0.3) is 0 Å². The summed E-state index contributed by atoms with van der Waals surface area (Å²) >= 11 is 0. The van der Waals surface area contributed by atoms with Crippen molar-refractivity contribution in [2.75, 3.05) is 19.6 Å². The number of aliphatic hydroxyl groups excluding tert-OH is 2. The summed E-state index contributed by atoms with van der Waals surface area (Å²) < 4.78 is 0. The molecule has 1 heterocycles. The maximum Gasteiger partial charge on any atom is 0.117 e. The summed E-state index contributed by atoms with van der Waals surface area (Å²) in [7, 11) is 0. The molecule has 2 atom stereocenters. The average Bonchev–Trinajstić information content (AvgIpc) is 1.88. The summed E-state index contributed by atoms with van der Waals surface area (Å²) in [5.41, 5.74) is 0. The molecule has 60 valence electrons. The zero-order valence-corrected chi connectivity index (χ0v) is 6.12. The van der Waals surface area contributed by atoms with Crippen LogP contribution in [-0.2, 0) is 0 Å². The lowest BCUT2D eigenvalue weighted by Crippen LogP contribution is -2.53. The zero-order chi connectivity index (χ0) is 7.56. The quantitative estimate of drug-likeness (QED) is 0.423. The Morgan fingerprint density at radius 3 is 2.80 bits per heavy atom. The minimum atomic E-state index is -0.483. The Morgan fingerprint density at radius 1 is 1.70 bits per heavy atom. The third-order valence-corrected chi connectivity index (χ3v) is 1.71. The number of nitrogens with zero attached hydrogens (tertiary/aromatic N) is 1. The molecule has 0 aromatic carbocycles. The maximum absolute atomic E-state index is 9.08. The Morgan fingerprint density at radius 2 is 2.40 bits per heavy atom. The number of rotatable bonds is 1. The Hall–Kier alpha value is -0.160. The highest BCUT2D eigenvalue weighted by Gasteiger charge is 2.19. The van der Waals surface area contributed by atoms with E-state index in [1.54, 1.807) is 6.92 Å². The van der Waals surface area contributed by atoms with Crippen LogP contribution >= 0.6 is 0 Å². The minimum Gasteiger partial charge on any atom is -0.379 e. The van der Waals surface area contributed by atoms with E-state index in [-0.39, 0.29) is 0 Å². The summed E-state index contributed by atoms with van der Waals surface area (Å²) in [6.07, 6.45) is -0.930. The van der Waals surface area contributed by atoms with Gasteiger partial charge in [0, 0.05) is 19.6 Å². The highest BCUT2D eigenvalue weighted by molar-refractivity contribution is 4.70. The molecule has 4 heteroatoms. The van der Waals surface area contributed by atoms with Crippen molar-refractivity contribution in [1.29, 1.82) is 0 Å². The monoisotopic (exact) mass is 146 g/mol. The lowest BCUT2D eigenvalue weighted by atomic mass is 10.3. The molecule has 0 spiro atoms. The molecule has 1 saturated heterocycles. The van der Waals surface area contributed by atoms with Gasteiger partial charge in [-0.25, -0.2) is 0 Å². The van der Waals surface area contributed by atoms with Crippen molar-refractivity contribution in [2.24, 2.45) is 0 Å². The van der Waals surface area contributed by atoms with Crippen LogP contribution in [-0.4, -0.2) is 47.2 Å². The predicted octanol–water partition coefficient (Wildman–Crippen LogP) is -1.45. The number of aliphatic hydroxyl groups is 2. The smallest absolute Gasteiger partial charge is 0.117 e. The fourth-order valence-electron chi connectivity index (χ4n) is 1.09. The van der Waals surface area contributed by atoms with E-state index in [0.29, 0.717) is 6.54 Å². The Labute approximate surface area is 60.5 Å². The molecule has 0 saturated carbocycles. The van der Waals surface area contributed by atoms with Crippen molar-refractivity contribution in [2.45, 2.75) is 19.4 Å². The van der Waals surface area contributed by atoms with Crippen molar-refractivity contribution in [3.05, 3.63) is 0 Å². The van der Waals surface area contributed by atoms with Crippen LogP contribution in [0.2, 0.25) is 0 Å². The first-order valence-corrected chi connectivity index (χ1v) is 3.53. The lowest BCUT2D eigenvalue weighted by Gasteiger charge is -2.32. The SMILES string of the molecule is CC(O)N1CCNC(O)C1. The van der Waals surface area contributed by atoms with E-state index in [1.807, 2.05) is 4.90 Å². The Bertz CT molecular complexity index is 108. The van der Waals surface area contributed by atoms with E-state index < -0.39 is 12.5 Å². The van der Waals surface area contributed by atoms with Crippen molar-refractivity contribution in [1.82, 2.24) is 10.2 Å². The number of hydrogen-bond donors (Lipinski definition) is 3. The summed E-state index contributed by atoms with van der Waals surface area (Å²) in [4.78, 5) is 1.82. The molecule has 0 aromatic heterocycles. The first-order valence-electron chi connectivity index (χ1n) is 3.53. The molecule has 1 fully saturated rings. The molecular weight excluding hydrogens is 132 g/mol. The molecule has 2 unspecified atom stereocenters. The molecule has 1 aliphatic rings. The van der Waals surface area contributed by atoms with Gasteiger partial charge in [0.2, 0.25) is 0 Å². The Balaban J connectivity index is 2.32. The van der Waals surface area contributed by atoms with Gasteiger partial charge in [-0.15, -0.1) is 0 Å². The minimum absolute atomic E-state index is 0.447. The second-order valence-corrected chi connectivity index (χ2v) is 2.60. The summed E-state index contributed by atoms with van der Waals surface area (Å²) in [5.74, 6) is 0. The molecular formula is C6H14N2O2. The van der Waals surface area contributed by atoms with Crippen LogP contribution in [0.1, 0.15) is 6.92 Å². The fraction of sp³-hybridized carbons (Fsp3) is 1.00. The van der Waals surface area contributed by atoms with Crippen LogP contribution in [0.3, 0.4) is 0 Å². The second kappa shape index (κ2) is 3.30. The van der Waals surface area contributed by atoms with Gasteiger partial charge in [-0.2, -0.15) is 0 Å². The van der Waals surface area contributed by atoms with Crippen molar-refractivity contribution < 1.29 is 10.2 Å². The van der Waals surface area contributed by atoms with Crippen molar-refractivity contribution in [3.8, 4) is 0 Å². The molecule has 0 amide bonds. The zero-order valence-electron chi connectivity index (χ0n) is 6.12. The van der Waals surface area contributed by atoms with Gasteiger partial charge in [0.15, 0.2) is 0 Å². The van der Waals surface area contributed by atoms with E-state index in [2.05, 4.69) is 5.32 Å². The molecule has 10 heavy (non-hydrogen) atoms. The van der Waals surface area contributed by atoms with Crippen molar-refractivity contribution >= 4 is 0 Å². The van der Waals surface area contributed by atoms with Crippen LogP contribution in [0.4, 0.5) is 0 Å². The van der Waals surface area contributed by atoms with Crippen LogP contribution < -0.4 is 5.32 Å². The number of piperazine rings is 1. The van der Waals surface area contributed by atoms with Gasteiger partial charge in [-0.3, -0.25) is 10.2 Å². The average molecular weight is 146 g/mol. The van der Waals surface area contributed by atoms with Gasteiger partial charge in [0.1, 0.15) is 12.5 Å². The van der Waals surface area contributed by atoms with Crippen molar-refractivity contribution in [3.63, 3.8) is 0 Å². The number of hydrogen-bond acceptors (Lipinski definition) is 4. The number of nitrogens with one attached hydrogen (secondary N) is 1. The van der Waals surface area contributed by atoms with E-state index >= 15 is 0 Å². The molecule has 3 N–H and O–H groups in total. The van der Waals surface area contributed by atoms with Crippen LogP contribution in [0.15, 0.2) is 0 Å². The lowest BCUT2D eigenvalue weighted by molar-refractivity contribution is -0.0384. The third kappa shape index (κ3) is 1.91. The van der Waals surface area contributed by atoms with Gasteiger partial charge in [0.05, 0.1) is 0 Å². The molecule has 0 radical (unpaired) electrons. The topological polar surface area (TPSA) is 55.7 Å². The molecule has 0 aromatic rings. The standard InChI is InChI=1S/C6H14N2O2/c1-5(9)8-3-2-7-6(10)4-8/h5-7,9-10H,2-4H2,1H3. The highest BCUT2D eigenvalue weighted by Crippen LogP contribution is 1.99. The van der Waals surface area contributed by atoms with Gasteiger partial charge in [-0.05, 0) is 6.92 Å². The molecule has 0 aliphatic carbocycles. The van der Waals surface area contributed by atoms with Crippen LogP contribution in [0.25, 0.3) is 0 Å². The van der Waals surface area contributed by atoms with Crippen LogP contribution in [0, 0.1) is 0 Å². The van der Waals surface area contributed by atoms with E-state index in [1.165, 1.54) is 0 Å². The third-order valence-electron chi connectivity index (χ3n) is 1.71. The molecule has 4 nitrogen and oxygen atoms in total. The molecule has 0 bridgehead atoms. The summed E-state index contributed by atoms with van der Waals surface area (Å²) in [5, 5.41) is 21.0.